The van der Waals surface area contributed by atoms with Crippen molar-refractivity contribution in [3.8, 4) is 5.75 Å². The van der Waals surface area contributed by atoms with Gasteiger partial charge in [0.15, 0.2) is 6.10 Å². The molecule has 0 saturated carbocycles. The van der Waals surface area contributed by atoms with Gasteiger partial charge >= 0.3 is 0 Å². The smallest absolute Gasteiger partial charge is 0.265 e. The number of anilines is 1. The van der Waals surface area contributed by atoms with Gasteiger partial charge in [-0.2, -0.15) is 0 Å². The molecule has 3 aromatic carbocycles. The fraction of sp³-hybridized carbons (Fsp3) is 0.174. The number of ether oxygens (including phenoxy) is 1. The SMILES string of the molecule is Cc1cc(CSc2ccccc2)ccc1NC(=O)[C@@H](C)Oc1ccccc1Cl. The molecule has 5 heteroatoms. The Hall–Kier alpha value is -2.43. The van der Waals surface area contributed by atoms with Crippen molar-refractivity contribution in [1.82, 2.24) is 0 Å². The van der Waals surface area contributed by atoms with Crippen molar-refractivity contribution < 1.29 is 9.53 Å². The zero-order valence-electron chi connectivity index (χ0n) is 15.8. The number of nitrogens with one attached hydrogen (secondary N) is 1. The Bertz CT molecular complexity index is 946. The van der Waals surface area contributed by atoms with E-state index in [1.165, 1.54) is 10.5 Å². The quantitative estimate of drug-likeness (QED) is 0.460. The number of carbonyl (C=O) groups excluding carboxylic acids is 1. The lowest BCUT2D eigenvalue weighted by molar-refractivity contribution is -0.122. The zero-order valence-corrected chi connectivity index (χ0v) is 17.4. The third kappa shape index (κ3) is 5.54. The molecular formula is C23H22ClNO2S. The summed E-state index contributed by atoms with van der Waals surface area (Å²) in [4.78, 5) is 13.7. The van der Waals surface area contributed by atoms with E-state index in [4.69, 9.17) is 16.3 Å². The van der Waals surface area contributed by atoms with E-state index in [2.05, 4.69) is 23.5 Å². The van der Waals surface area contributed by atoms with Crippen LogP contribution in [0.1, 0.15) is 18.1 Å². The Morgan fingerprint density at radius 3 is 2.50 bits per heavy atom. The van der Waals surface area contributed by atoms with Crippen molar-refractivity contribution in [1.29, 1.82) is 0 Å². The predicted octanol–water partition coefficient (Wildman–Crippen LogP) is 6.35. The Morgan fingerprint density at radius 2 is 1.79 bits per heavy atom. The Kier molecular flexibility index (Phi) is 7.01. The number of carbonyl (C=O) groups is 1. The molecule has 0 unspecified atom stereocenters. The minimum absolute atomic E-state index is 0.213. The Balaban J connectivity index is 1.59. The molecule has 0 saturated heterocycles. The van der Waals surface area contributed by atoms with Gasteiger partial charge in [0.05, 0.1) is 5.02 Å². The van der Waals surface area contributed by atoms with E-state index in [0.29, 0.717) is 10.8 Å². The highest BCUT2D eigenvalue weighted by molar-refractivity contribution is 7.98. The molecule has 0 bridgehead atoms. The Morgan fingerprint density at radius 1 is 1.07 bits per heavy atom. The van der Waals surface area contributed by atoms with Gasteiger partial charge in [-0.1, -0.05) is 54.1 Å². The summed E-state index contributed by atoms with van der Waals surface area (Å²) in [5.74, 6) is 1.16. The lowest BCUT2D eigenvalue weighted by atomic mass is 10.1. The second kappa shape index (κ2) is 9.67. The van der Waals surface area contributed by atoms with Gasteiger partial charge in [0, 0.05) is 16.3 Å². The molecule has 144 valence electrons. The maximum Gasteiger partial charge on any atom is 0.265 e. The number of benzene rings is 3. The van der Waals surface area contributed by atoms with Crippen LogP contribution in [-0.2, 0) is 10.5 Å². The molecule has 0 aliphatic heterocycles. The maximum atomic E-state index is 12.5. The first-order valence-electron chi connectivity index (χ1n) is 9.02. The molecule has 28 heavy (non-hydrogen) atoms. The van der Waals surface area contributed by atoms with E-state index >= 15 is 0 Å². The van der Waals surface area contributed by atoms with Crippen LogP contribution in [0.25, 0.3) is 0 Å². The second-order valence-electron chi connectivity index (χ2n) is 6.43. The monoisotopic (exact) mass is 411 g/mol. The lowest BCUT2D eigenvalue weighted by Crippen LogP contribution is -2.30. The fourth-order valence-corrected chi connectivity index (χ4v) is 3.70. The van der Waals surface area contributed by atoms with Gasteiger partial charge in [-0.15, -0.1) is 11.8 Å². The minimum atomic E-state index is -0.660. The van der Waals surface area contributed by atoms with E-state index in [9.17, 15) is 4.79 Å². The zero-order chi connectivity index (χ0) is 19.9. The molecule has 1 amide bonds. The van der Waals surface area contributed by atoms with E-state index in [-0.39, 0.29) is 5.91 Å². The largest absolute Gasteiger partial charge is 0.479 e. The molecule has 0 aliphatic rings. The normalized spacial score (nSPS) is 11.7. The third-order valence-corrected chi connectivity index (χ3v) is 5.60. The molecule has 0 radical (unpaired) electrons. The summed E-state index contributed by atoms with van der Waals surface area (Å²) in [6.45, 7) is 3.70. The van der Waals surface area contributed by atoms with Gasteiger partial charge in [0.1, 0.15) is 5.75 Å². The maximum absolute atomic E-state index is 12.5. The molecule has 0 aliphatic carbocycles. The highest BCUT2D eigenvalue weighted by Gasteiger charge is 2.17. The van der Waals surface area contributed by atoms with Gasteiger partial charge in [-0.05, 0) is 55.3 Å². The summed E-state index contributed by atoms with van der Waals surface area (Å²) in [6.07, 6.45) is -0.660. The van der Waals surface area contributed by atoms with Crippen LogP contribution in [0.15, 0.2) is 77.7 Å². The first-order valence-corrected chi connectivity index (χ1v) is 10.4. The fourth-order valence-electron chi connectivity index (χ4n) is 2.66. The first kappa shape index (κ1) is 20.3. The summed E-state index contributed by atoms with van der Waals surface area (Å²) >= 11 is 7.88. The van der Waals surface area contributed by atoms with Crippen LogP contribution in [0.5, 0.6) is 5.75 Å². The van der Waals surface area contributed by atoms with Crippen molar-refractivity contribution >= 4 is 35.0 Å². The third-order valence-electron chi connectivity index (χ3n) is 4.21. The van der Waals surface area contributed by atoms with Crippen LogP contribution < -0.4 is 10.1 Å². The van der Waals surface area contributed by atoms with Crippen molar-refractivity contribution in [3.05, 3.63) is 88.9 Å². The number of thioether (sulfide) groups is 1. The van der Waals surface area contributed by atoms with Crippen LogP contribution in [0, 0.1) is 6.92 Å². The van der Waals surface area contributed by atoms with Gasteiger partial charge in [-0.3, -0.25) is 4.79 Å². The number of para-hydroxylation sites is 1. The van der Waals surface area contributed by atoms with E-state index in [0.717, 1.165) is 17.0 Å². The molecule has 0 heterocycles. The molecule has 3 nitrogen and oxygen atoms in total. The summed E-state index contributed by atoms with van der Waals surface area (Å²) in [6, 6.07) is 23.5. The lowest BCUT2D eigenvalue weighted by Gasteiger charge is -2.17. The van der Waals surface area contributed by atoms with Crippen LogP contribution in [0.4, 0.5) is 5.69 Å². The number of aryl methyl sites for hydroxylation is 1. The molecule has 0 spiro atoms. The van der Waals surface area contributed by atoms with Crippen LogP contribution in [-0.4, -0.2) is 12.0 Å². The molecule has 3 rings (SSSR count). The van der Waals surface area contributed by atoms with Gasteiger partial charge in [0.2, 0.25) is 0 Å². The van der Waals surface area contributed by atoms with Crippen LogP contribution >= 0.6 is 23.4 Å². The van der Waals surface area contributed by atoms with Crippen LogP contribution in [0.2, 0.25) is 5.02 Å². The van der Waals surface area contributed by atoms with E-state index < -0.39 is 6.10 Å². The van der Waals surface area contributed by atoms with Crippen LogP contribution in [0.3, 0.4) is 0 Å². The van der Waals surface area contributed by atoms with E-state index in [1.807, 2.05) is 49.4 Å². The summed E-state index contributed by atoms with van der Waals surface area (Å²) in [5.41, 5.74) is 3.02. The average molecular weight is 412 g/mol. The summed E-state index contributed by atoms with van der Waals surface area (Å²) in [5, 5.41) is 3.42. The number of rotatable bonds is 7. The highest BCUT2D eigenvalue weighted by Crippen LogP contribution is 2.26. The number of hydrogen-bond acceptors (Lipinski definition) is 3. The minimum Gasteiger partial charge on any atom is -0.479 e. The van der Waals surface area contributed by atoms with Crippen molar-refractivity contribution in [2.24, 2.45) is 0 Å². The van der Waals surface area contributed by atoms with Crippen molar-refractivity contribution in [2.45, 2.75) is 30.6 Å². The molecular weight excluding hydrogens is 390 g/mol. The number of halogens is 1. The predicted molar refractivity (Wildman–Crippen MR) is 117 cm³/mol. The molecule has 1 atom stereocenters. The first-order chi connectivity index (χ1) is 13.5. The number of hydrogen-bond donors (Lipinski definition) is 1. The molecule has 3 aromatic rings. The van der Waals surface area contributed by atoms with Gasteiger partial charge in [-0.25, -0.2) is 0 Å². The molecule has 0 aromatic heterocycles. The van der Waals surface area contributed by atoms with Crippen molar-refractivity contribution in [3.63, 3.8) is 0 Å². The average Bonchev–Trinajstić information content (AvgIpc) is 2.70. The standard InChI is InChI=1S/C23H22ClNO2S/c1-16-14-18(15-28-19-8-4-3-5-9-19)12-13-21(16)25-23(26)17(2)27-22-11-7-6-10-20(22)24/h3-14,17H,15H2,1-2H3,(H,25,26)/t17-/m1/s1. The Labute approximate surface area is 175 Å². The molecule has 0 fully saturated rings. The highest BCUT2D eigenvalue weighted by atomic mass is 35.5. The van der Waals surface area contributed by atoms with Crippen molar-refractivity contribution in [2.75, 3.05) is 5.32 Å². The van der Waals surface area contributed by atoms with E-state index in [1.54, 1.807) is 30.8 Å². The second-order valence-corrected chi connectivity index (χ2v) is 7.89. The molecule has 1 N–H and O–H groups in total. The number of amides is 1. The van der Waals surface area contributed by atoms with Gasteiger partial charge < -0.3 is 10.1 Å². The summed E-state index contributed by atoms with van der Waals surface area (Å²) in [7, 11) is 0. The summed E-state index contributed by atoms with van der Waals surface area (Å²) < 4.78 is 5.68. The van der Waals surface area contributed by atoms with Gasteiger partial charge in [0.25, 0.3) is 5.91 Å². The topological polar surface area (TPSA) is 38.3 Å².